The summed E-state index contributed by atoms with van der Waals surface area (Å²) in [4.78, 5) is 30.3. The van der Waals surface area contributed by atoms with Gasteiger partial charge in [0.1, 0.15) is 21.9 Å². The zero-order valence-corrected chi connectivity index (χ0v) is 16.6. The average molecular weight is 384 g/mol. The van der Waals surface area contributed by atoms with Crippen LogP contribution in [0.4, 0.5) is 15.3 Å². The van der Waals surface area contributed by atoms with Crippen molar-refractivity contribution in [2.24, 2.45) is 0 Å². The molecule has 2 aromatic heterocycles. The third kappa shape index (κ3) is 4.63. The van der Waals surface area contributed by atoms with Crippen LogP contribution in [0.25, 0.3) is 11.0 Å². The van der Waals surface area contributed by atoms with E-state index in [0.717, 1.165) is 4.90 Å². The Labute approximate surface area is 156 Å². The monoisotopic (exact) mass is 383 g/mol. The third-order valence-corrected chi connectivity index (χ3v) is 3.14. The number of fused-ring (bicyclic) bond motifs is 1. The van der Waals surface area contributed by atoms with Gasteiger partial charge in [-0.1, -0.05) is 16.8 Å². The van der Waals surface area contributed by atoms with Gasteiger partial charge in [0, 0.05) is 6.07 Å². The number of halogens is 1. The van der Waals surface area contributed by atoms with Crippen LogP contribution in [0.2, 0.25) is 5.15 Å². The second kappa shape index (κ2) is 6.75. The molecule has 2 rings (SSSR count). The summed E-state index contributed by atoms with van der Waals surface area (Å²) in [5.41, 5.74) is -1.05. The van der Waals surface area contributed by atoms with Gasteiger partial charge >= 0.3 is 12.2 Å². The SMILES string of the molecule is Cc1onc2c(N(C(=O)OC(C)(C)C)C(=O)OC(C)(C)C)cc(Cl)nc12. The topological polar surface area (TPSA) is 94.8 Å². The van der Waals surface area contributed by atoms with E-state index in [-0.39, 0.29) is 16.4 Å². The van der Waals surface area contributed by atoms with E-state index < -0.39 is 23.4 Å². The summed E-state index contributed by atoms with van der Waals surface area (Å²) in [6.07, 6.45) is -1.84. The zero-order valence-electron chi connectivity index (χ0n) is 15.8. The molecule has 0 saturated carbocycles. The Bertz CT molecular complexity index is 820. The van der Waals surface area contributed by atoms with Crippen molar-refractivity contribution in [1.29, 1.82) is 0 Å². The van der Waals surface area contributed by atoms with Crippen LogP contribution < -0.4 is 4.90 Å². The molecule has 8 nitrogen and oxygen atoms in total. The Kier molecular flexibility index (Phi) is 5.19. The molecule has 0 aliphatic carbocycles. The molecule has 0 bridgehead atoms. The van der Waals surface area contributed by atoms with Crippen molar-refractivity contribution >= 4 is 40.5 Å². The quantitative estimate of drug-likeness (QED) is 0.648. The molecule has 0 aliphatic heterocycles. The van der Waals surface area contributed by atoms with Gasteiger partial charge in [0.2, 0.25) is 0 Å². The van der Waals surface area contributed by atoms with Gasteiger partial charge in [0.15, 0.2) is 11.3 Å². The van der Waals surface area contributed by atoms with E-state index in [4.69, 9.17) is 25.6 Å². The van der Waals surface area contributed by atoms with Crippen molar-refractivity contribution in [2.75, 3.05) is 4.90 Å². The van der Waals surface area contributed by atoms with E-state index in [1.807, 2.05) is 0 Å². The fourth-order valence-corrected chi connectivity index (χ4v) is 2.23. The van der Waals surface area contributed by atoms with Crippen LogP contribution in [0.1, 0.15) is 47.3 Å². The fourth-order valence-electron chi connectivity index (χ4n) is 2.04. The van der Waals surface area contributed by atoms with Gasteiger partial charge < -0.3 is 14.0 Å². The molecule has 9 heteroatoms. The Balaban J connectivity index is 2.60. The summed E-state index contributed by atoms with van der Waals surface area (Å²) in [5.74, 6) is 0.400. The van der Waals surface area contributed by atoms with Gasteiger partial charge in [-0.05, 0) is 48.5 Å². The number of amides is 2. The summed E-state index contributed by atoms with van der Waals surface area (Å²) in [7, 11) is 0. The highest BCUT2D eigenvalue weighted by molar-refractivity contribution is 6.30. The molecule has 0 saturated heterocycles. The van der Waals surface area contributed by atoms with Gasteiger partial charge in [-0.25, -0.2) is 14.6 Å². The standard InChI is InChI=1S/C17H22ClN3O5/c1-9-12-13(20-26-9)10(8-11(18)19-12)21(14(22)24-16(2,3)4)15(23)25-17(5,6)7/h8H,1-7H3. The number of aryl methyl sites for hydroxylation is 1. The third-order valence-electron chi connectivity index (χ3n) is 2.94. The smallest absolute Gasteiger partial charge is 0.424 e. The first-order chi connectivity index (χ1) is 11.8. The minimum atomic E-state index is -0.920. The van der Waals surface area contributed by atoms with Gasteiger partial charge in [-0.3, -0.25) is 0 Å². The number of nitrogens with zero attached hydrogens (tertiary/aromatic N) is 3. The number of rotatable bonds is 1. The van der Waals surface area contributed by atoms with Crippen LogP contribution in [0.5, 0.6) is 0 Å². The number of carbonyl (C=O) groups is 2. The largest absolute Gasteiger partial charge is 0.443 e. The Hall–Kier alpha value is -2.35. The number of anilines is 1. The van der Waals surface area contributed by atoms with Crippen molar-refractivity contribution in [3.05, 3.63) is 17.0 Å². The summed E-state index contributed by atoms with van der Waals surface area (Å²) < 4.78 is 15.8. The lowest BCUT2D eigenvalue weighted by Crippen LogP contribution is -2.44. The maximum Gasteiger partial charge on any atom is 0.424 e. The lowest BCUT2D eigenvalue weighted by molar-refractivity contribution is 0.0431. The summed E-state index contributed by atoms with van der Waals surface area (Å²) in [6, 6.07) is 1.33. The van der Waals surface area contributed by atoms with Crippen LogP contribution in [0.3, 0.4) is 0 Å². The lowest BCUT2D eigenvalue weighted by atomic mass is 10.2. The Morgan fingerprint density at radius 2 is 1.54 bits per heavy atom. The molecule has 0 unspecified atom stereocenters. The van der Waals surface area contributed by atoms with Crippen molar-refractivity contribution in [3.63, 3.8) is 0 Å². The summed E-state index contributed by atoms with van der Waals surface area (Å²) >= 11 is 6.06. The number of carbonyl (C=O) groups excluding carboxylic acids is 2. The van der Waals surface area contributed by atoms with E-state index in [1.54, 1.807) is 48.5 Å². The van der Waals surface area contributed by atoms with Crippen molar-refractivity contribution in [2.45, 2.75) is 59.7 Å². The minimum Gasteiger partial charge on any atom is -0.443 e. The van der Waals surface area contributed by atoms with Crippen LogP contribution in [0.15, 0.2) is 10.6 Å². The van der Waals surface area contributed by atoms with Crippen LogP contribution in [0, 0.1) is 6.92 Å². The Morgan fingerprint density at radius 3 is 2.00 bits per heavy atom. The molecule has 2 aromatic rings. The molecule has 0 atom stereocenters. The van der Waals surface area contributed by atoms with Crippen LogP contribution in [-0.4, -0.2) is 33.5 Å². The maximum absolute atomic E-state index is 12.7. The van der Waals surface area contributed by atoms with Crippen molar-refractivity contribution in [3.8, 4) is 0 Å². The predicted molar refractivity (Wildman–Crippen MR) is 96.5 cm³/mol. The molecule has 142 valence electrons. The predicted octanol–water partition coefficient (Wildman–Crippen LogP) is 4.86. The number of aromatic nitrogens is 2. The second-order valence-electron chi connectivity index (χ2n) is 7.70. The number of ether oxygens (including phenoxy) is 2. The van der Waals surface area contributed by atoms with E-state index in [9.17, 15) is 9.59 Å². The minimum absolute atomic E-state index is 0.0657. The van der Waals surface area contributed by atoms with E-state index in [2.05, 4.69) is 10.1 Å². The zero-order chi connectivity index (χ0) is 19.9. The summed E-state index contributed by atoms with van der Waals surface area (Å²) in [6.45, 7) is 11.8. The molecule has 0 aliphatic rings. The molecule has 0 radical (unpaired) electrons. The van der Waals surface area contributed by atoms with Gasteiger partial charge in [-0.2, -0.15) is 4.90 Å². The first kappa shape index (κ1) is 20.0. The first-order valence-corrected chi connectivity index (χ1v) is 8.35. The lowest BCUT2D eigenvalue weighted by Gasteiger charge is -2.28. The second-order valence-corrected chi connectivity index (χ2v) is 8.08. The van der Waals surface area contributed by atoms with Gasteiger partial charge in [0.05, 0.1) is 5.69 Å². The van der Waals surface area contributed by atoms with Crippen LogP contribution in [-0.2, 0) is 9.47 Å². The fraction of sp³-hybridized carbons (Fsp3) is 0.529. The average Bonchev–Trinajstić information content (AvgIpc) is 2.76. The summed E-state index contributed by atoms with van der Waals surface area (Å²) in [5, 5.41) is 3.95. The number of imide groups is 1. The molecule has 2 heterocycles. The molecule has 0 N–H and O–H groups in total. The van der Waals surface area contributed by atoms with Gasteiger partial charge in [-0.15, -0.1) is 0 Å². The van der Waals surface area contributed by atoms with E-state index in [1.165, 1.54) is 6.07 Å². The van der Waals surface area contributed by atoms with Crippen LogP contribution >= 0.6 is 11.6 Å². The highest BCUT2D eigenvalue weighted by Gasteiger charge is 2.35. The van der Waals surface area contributed by atoms with E-state index in [0.29, 0.717) is 11.3 Å². The Morgan fingerprint density at radius 1 is 1.04 bits per heavy atom. The molecular formula is C17H22ClN3O5. The van der Waals surface area contributed by atoms with Gasteiger partial charge in [0.25, 0.3) is 0 Å². The highest BCUT2D eigenvalue weighted by atomic mass is 35.5. The number of hydrogen-bond acceptors (Lipinski definition) is 7. The molecule has 0 aromatic carbocycles. The molecular weight excluding hydrogens is 362 g/mol. The highest BCUT2D eigenvalue weighted by Crippen LogP contribution is 2.31. The van der Waals surface area contributed by atoms with Crippen molar-refractivity contribution < 1.29 is 23.6 Å². The molecule has 26 heavy (non-hydrogen) atoms. The number of pyridine rings is 1. The first-order valence-electron chi connectivity index (χ1n) is 7.97. The van der Waals surface area contributed by atoms with E-state index >= 15 is 0 Å². The molecule has 0 spiro atoms. The normalized spacial score (nSPS) is 12.2. The van der Waals surface area contributed by atoms with Crippen molar-refractivity contribution in [1.82, 2.24) is 10.1 Å². The molecule has 2 amide bonds. The number of hydrogen-bond donors (Lipinski definition) is 0. The molecule has 0 fully saturated rings. The maximum atomic E-state index is 12.7.